The van der Waals surface area contributed by atoms with E-state index < -0.39 is 7.60 Å². The molecule has 0 aromatic carbocycles. The Hall–Kier alpha value is 0.0700. The minimum atomic E-state index is -3.44. The Labute approximate surface area is 83.9 Å². The molecule has 14 heavy (non-hydrogen) atoms. The van der Waals surface area contributed by atoms with Gasteiger partial charge in [0.15, 0.2) is 0 Å². The SMILES string of the molecule is COC[C@H]1O[C@@H](C)CC1OP(C)(=O)O. The van der Waals surface area contributed by atoms with E-state index in [0.717, 1.165) is 0 Å². The van der Waals surface area contributed by atoms with Crippen LogP contribution in [0.1, 0.15) is 13.3 Å². The molecule has 0 amide bonds. The zero-order valence-electron chi connectivity index (χ0n) is 8.67. The van der Waals surface area contributed by atoms with Gasteiger partial charge >= 0.3 is 7.60 Å². The van der Waals surface area contributed by atoms with Crippen molar-refractivity contribution in [2.24, 2.45) is 0 Å². The van der Waals surface area contributed by atoms with Crippen molar-refractivity contribution < 1.29 is 23.5 Å². The molecule has 1 N–H and O–H groups in total. The third-order valence-corrected chi connectivity index (χ3v) is 2.71. The number of ether oxygens (including phenoxy) is 2. The second-order valence-electron chi connectivity index (χ2n) is 3.62. The van der Waals surface area contributed by atoms with E-state index in [4.69, 9.17) is 18.9 Å². The molecular formula is C8H17O5P. The Balaban J connectivity index is 2.53. The third kappa shape index (κ3) is 3.67. The maximum atomic E-state index is 11.1. The molecule has 1 aliphatic rings. The third-order valence-electron chi connectivity index (χ3n) is 2.05. The lowest BCUT2D eigenvalue weighted by Gasteiger charge is -2.19. The van der Waals surface area contributed by atoms with E-state index in [1.165, 1.54) is 6.66 Å². The first-order valence-corrected chi connectivity index (χ1v) is 6.58. The fraction of sp³-hybridized carbons (Fsp3) is 1.00. The zero-order chi connectivity index (χ0) is 10.8. The maximum absolute atomic E-state index is 11.1. The molecule has 0 aliphatic carbocycles. The summed E-state index contributed by atoms with van der Waals surface area (Å²) in [5, 5.41) is 0. The molecule has 4 atom stereocenters. The summed E-state index contributed by atoms with van der Waals surface area (Å²) in [6, 6.07) is 0. The Kier molecular flexibility index (Phi) is 4.10. The summed E-state index contributed by atoms with van der Waals surface area (Å²) in [5.74, 6) is 0. The molecule has 0 bridgehead atoms. The standard InChI is InChI=1S/C8H17O5P/c1-6-4-7(13-14(3,9)10)8(12-6)5-11-2/h6-8H,4-5H2,1-3H3,(H,9,10)/t6-,7?,8+/m0/s1. The second-order valence-corrected chi connectivity index (χ2v) is 5.44. The summed E-state index contributed by atoms with van der Waals surface area (Å²) < 4.78 is 26.5. The molecule has 5 nitrogen and oxygen atoms in total. The van der Waals surface area contributed by atoms with Gasteiger partial charge in [-0.15, -0.1) is 0 Å². The van der Waals surface area contributed by atoms with Gasteiger partial charge in [-0.25, -0.2) is 0 Å². The summed E-state index contributed by atoms with van der Waals surface area (Å²) >= 11 is 0. The monoisotopic (exact) mass is 224 g/mol. The molecule has 1 heterocycles. The van der Waals surface area contributed by atoms with Crippen molar-refractivity contribution in [1.82, 2.24) is 0 Å². The minimum Gasteiger partial charge on any atom is -0.382 e. The van der Waals surface area contributed by atoms with Gasteiger partial charge in [-0.05, 0) is 6.92 Å². The molecule has 0 aromatic heterocycles. The number of hydrogen-bond donors (Lipinski definition) is 1. The van der Waals surface area contributed by atoms with E-state index in [1.54, 1.807) is 7.11 Å². The molecule has 1 fully saturated rings. The zero-order valence-corrected chi connectivity index (χ0v) is 9.57. The highest BCUT2D eigenvalue weighted by molar-refractivity contribution is 7.51. The first-order chi connectivity index (χ1) is 6.42. The Bertz CT molecular complexity index is 226. The minimum absolute atomic E-state index is 0.0479. The van der Waals surface area contributed by atoms with Crippen molar-refractivity contribution in [2.45, 2.75) is 31.7 Å². The van der Waals surface area contributed by atoms with Crippen LogP contribution >= 0.6 is 7.60 Å². The molecule has 84 valence electrons. The molecule has 1 aliphatic heterocycles. The van der Waals surface area contributed by atoms with E-state index in [2.05, 4.69) is 0 Å². The topological polar surface area (TPSA) is 65.0 Å². The van der Waals surface area contributed by atoms with E-state index in [1.807, 2.05) is 6.92 Å². The molecule has 0 aromatic rings. The normalized spacial score (nSPS) is 37.0. The van der Waals surface area contributed by atoms with Crippen molar-refractivity contribution in [3.8, 4) is 0 Å². The predicted molar refractivity (Wildman–Crippen MR) is 51.5 cm³/mol. The highest BCUT2D eigenvalue weighted by atomic mass is 31.2. The second kappa shape index (κ2) is 4.73. The smallest absolute Gasteiger partial charge is 0.325 e. The van der Waals surface area contributed by atoms with Crippen LogP contribution in [0.3, 0.4) is 0 Å². The van der Waals surface area contributed by atoms with Gasteiger partial charge in [-0.3, -0.25) is 4.57 Å². The van der Waals surface area contributed by atoms with Gasteiger partial charge in [-0.2, -0.15) is 0 Å². The predicted octanol–water partition coefficient (Wildman–Crippen LogP) is 1.01. The number of methoxy groups -OCH3 is 1. The van der Waals surface area contributed by atoms with Crippen molar-refractivity contribution in [3.05, 3.63) is 0 Å². The van der Waals surface area contributed by atoms with Crippen LogP contribution in [0.2, 0.25) is 0 Å². The van der Waals surface area contributed by atoms with Gasteiger partial charge in [0.2, 0.25) is 0 Å². The van der Waals surface area contributed by atoms with Crippen molar-refractivity contribution in [1.29, 1.82) is 0 Å². The van der Waals surface area contributed by atoms with Crippen LogP contribution in [0.4, 0.5) is 0 Å². The van der Waals surface area contributed by atoms with Gasteiger partial charge in [0, 0.05) is 20.2 Å². The summed E-state index contributed by atoms with van der Waals surface area (Å²) in [4.78, 5) is 9.09. The van der Waals surface area contributed by atoms with Gasteiger partial charge in [0.25, 0.3) is 0 Å². The van der Waals surface area contributed by atoms with Gasteiger partial charge in [0.1, 0.15) is 6.10 Å². The van der Waals surface area contributed by atoms with Crippen molar-refractivity contribution in [2.75, 3.05) is 20.4 Å². The first kappa shape index (κ1) is 12.1. The molecular weight excluding hydrogens is 207 g/mol. The molecule has 0 spiro atoms. The Morgan fingerprint density at radius 1 is 1.64 bits per heavy atom. The lowest BCUT2D eigenvalue weighted by Crippen LogP contribution is -2.27. The van der Waals surface area contributed by atoms with Crippen molar-refractivity contribution in [3.63, 3.8) is 0 Å². The van der Waals surface area contributed by atoms with Crippen LogP contribution in [-0.4, -0.2) is 43.6 Å². The fourth-order valence-electron chi connectivity index (χ4n) is 1.59. The first-order valence-electron chi connectivity index (χ1n) is 4.55. The Morgan fingerprint density at radius 2 is 2.29 bits per heavy atom. The quantitative estimate of drug-likeness (QED) is 0.722. The Morgan fingerprint density at radius 3 is 2.79 bits per heavy atom. The van der Waals surface area contributed by atoms with Crippen LogP contribution in [0, 0.1) is 0 Å². The van der Waals surface area contributed by atoms with Crippen molar-refractivity contribution >= 4 is 7.60 Å². The average Bonchev–Trinajstić information content (AvgIpc) is 2.28. The molecule has 1 rings (SSSR count). The maximum Gasteiger partial charge on any atom is 0.325 e. The van der Waals surface area contributed by atoms with Gasteiger partial charge in [0.05, 0.1) is 18.8 Å². The highest BCUT2D eigenvalue weighted by Gasteiger charge is 2.36. The summed E-state index contributed by atoms with van der Waals surface area (Å²) in [5.41, 5.74) is 0. The van der Waals surface area contributed by atoms with E-state index >= 15 is 0 Å². The fourth-order valence-corrected chi connectivity index (χ4v) is 2.32. The van der Waals surface area contributed by atoms with Crippen LogP contribution in [0.5, 0.6) is 0 Å². The summed E-state index contributed by atoms with van der Waals surface area (Å²) in [7, 11) is -1.87. The molecule has 1 saturated heterocycles. The van der Waals surface area contributed by atoms with Gasteiger partial charge < -0.3 is 18.9 Å². The molecule has 2 unspecified atom stereocenters. The lowest BCUT2D eigenvalue weighted by molar-refractivity contribution is -0.0246. The van der Waals surface area contributed by atoms with E-state index in [0.29, 0.717) is 13.0 Å². The number of rotatable bonds is 4. The van der Waals surface area contributed by atoms with Crippen LogP contribution < -0.4 is 0 Å². The van der Waals surface area contributed by atoms with Gasteiger partial charge in [-0.1, -0.05) is 0 Å². The number of hydrogen-bond acceptors (Lipinski definition) is 4. The summed E-state index contributed by atoms with van der Waals surface area (Å²) in [6.07, 6.45) is 0.0970. The average molecular weight is 224 g/mol. The molecule has 6 heteroatoms. The molecule has 0 radical (unpaired) electrons. The highest BCUT2D eigenvalue weighted by Crippen LogP contribution is 2.42. The largest absolute Gasteiger partial charge is 0.382 e. The lowest BCUT2D eigenvalue weighted by atomic mass is 10.1. The van der Waals surface area contributed by atoms with E-state index in [9.17, 15) is 4.57 Å². The van der Waals surface area contributed by atoms with Crippen LogP contribution in [0.15, 0.2) is 0 Å². The summed E-state index contributed by atoms with van der Waals surface area (Å²) in [6.45, 7) is 3.47. The van der Waals surface area contributed by atoms with Crippen LogP contribution in [0.25, 0.3) is 0 Å². The van der Waals surface area contributed by atoms with E-state index in [-0.39, 0.29) is 18.3 Å². The molecule has 0 saturated carbocycles. The van der Waals surface area contributed by atoms with Crippen LogP contribution in [-0.2, 0) is 18.6 Å².